The zero-order valence-corrected chi connectivity index (χ0v) is 17.3. The summed E-state index contributed by atoms with van der Waals surface area (Å²) in [5.41, 5.74) is 3.20. The molecule has 29 heavy (non-hydrogen) atoms. The summed E-state index contributed by atoms with van der Waals surface area (Å²) >= 11 is 7.35. The Labute approximate surface area is 174 Å². The van der Waals surface area contributed by atoms with Gasteiger partial charge in [0.15, 0.2) is 0 Å². The van der Waals surface area contributed by atoms with Crippen molar-refractivity contribution in [3.63, 3.8) is 0 Å². The van der Waals surface area contributed by atoms with Gasteiger partial charge in [0, 0.05) is 13.5 Å². The lowest BCUT2D eigenvalue weighted by atomic mass is 9.97. The molecule has 0 spiro atoms. The Bertz CT molecular complexity index is 1140. The molecule has 9 nitrogen and oxygen atoms in total. The highest BCUT2D eigenvalue weighted by Gasteiger charge is 2.59. The minimum absolute atomic E-state index is 0.0328. The van der Waals surface area contributed by atoms with Crippen LogP contribution in [0.1, 0.15) is 21.0 Å². The molecule has 0 aromatic carbocycles. The number of hydrogen-bond acceptors (Lipinski definition) is 8. The molecule has 0 bridgehead atoms. The molecule has 4 heterocycles. The Morgan fingerprint density at radius 3 is 3.00 bits per heavy atom. The van der Waals surface area contributed by atoms with Crippen LogP contribution in [0.25, 0.3) is 0 Å². The SMILES string of the molecule is CN1C(N)=N[C@@]2(c3sc(C(=O)Nc4cccc(F)n4)cc3Cl)CCOC2S1(=O)=O. The Morgan fingerprint density at radius 2 is 2.28 bits per heavy atom. The number of nitrogens with one attached hydrogen (secondary N) is 1. The number of nitrogens with two attached hydrogens (primary N) is 1. The molecule has 1 unspecified atom stereocenters. The summed E-state index contributed by atoms with van der Waals surface area (Å²) in [6.07, 6.45) is 0.234. The van der Waals surface area contributed by atoms with Gasteiger partial charge in [0.25, 0.3) is 15.9 Å². The number of guanidine groups is 1. The van der Waals surface area contributed by atoms with E-state index in [1.807, 2.05) is 0 Å². The van der Waals surface area contributed by atoms with Crippen LogP contribution in [0.4, 0.5) is 10.2 Å². The molecular formula is C16H15ClFN5O4S2. The maximum atomic E-state index is 13.2. The van der Waals surface area contributed by atoms with Gasteiger partial charge in [-0.1, -0.05) is 17.7 Å². The smallest absolute Gasteiger partial charge is 0.267 e. The number of ether oxygens (including phenoxy) is 1. The fourth-order valence-electron chi connectivity index (χ4n) is 3.27. The average molecular weight is 460 g/mol. The number of fused-ring (bicyclic) bond motifs is 1. The van der Waals surface area contributed by atoms with Gasteiger partial charge in [-0.15, -0.1) is 11.3 Å². The molecule has 2 aromatic heterocycles. The van der Waals surface area contributed by atoms with Crippen LogP contribution in [-0.4, -0.2) is 48.7 Å². The van der Waals surface area contributed by atoms with Crippen molar-refractivity contribution in [2.45, 2.75) is 17.4 Å². The summed E-state index contributed by atoms with van der Waals surface area (Å²) in [5, 5.41) is 2.64. The molecule has 2 aliphatic rings. The molecule has 2 aromatic rings. The van der Waals surface area contributed by atoms with Gasteiger partial charge in [0.05, 0.1) is 21.4 Å². The standard InChI is InChI=1S/C16H15ClFN5O4S2/c1-23-15(19)22-16(5-6-27-14(16)29(23,25)26)12-8(17)7-9(28-12)13(24)21-11-4-2-3-10(18)20-11/h2-4,7,14H,5-6H2,1H3,(H2,19,22)(H,20,21,24)/t14?,16-/m1/s1. The molecular weight excluding hydrogens is 445 g/mol. The van der Waals surface area contributed by atoms with E-state index in [1.165, 1.54) is 25.2 Å². The highest BCUT2D eigenvalue weighted by atomic mass is 35.5. The van der Waals surface area contributed by atoms with E-state index in [9.17, 15) is 17.6 Å². The number of amides is 1. The summed E-state index contributed by atoms with van der Waals surface area (Å²) in [7, 11) is -2.63. The first-order valence-electron chi connectivity index (χ1n) is 8.33. The number of sulfonamides is 1. The Kier molecular flexibility index (Phi) is 4.76. The van der Waals surface area contributed by atoms with Crippen LogP contribution in [-0.2, 0) is 20.3 Å². The molecule has 1 amide bonds. The number of thiophene rings is 1. The number of aromatic nitrogens is 1. The van der Waals surface area contributed by atoms with Gasteiger partial charge in [-0.25, -0.2) is 22.7 Å². The highest BCUT2D eigenvalue weighted by Crippen LogP contribution is 2.50. The molecule has 0 saturated carbocycles. The lowest BCUT2D eigenvalue weighted by molar-refractivity contribution is 0.103. The molecule has 13 heteroatoms. The number of anilines is 1. The van der Waals surface area contributed by atoms with E-state index in [-0.39, 0.29) is 34.7 Å². The third-order valence-corrected chi connectivity index (χ3v) is 8.42. The number of nitrogens with zero attached hydrogens (tertiary/aromatic N) is 3. The second kappa shape index (κ2) is 6.90. The molecule has 4 rings (SSSR count). The topological polar surface area (TPSA) is 127 Å². The molecule has 2 aliphatic heterocycles. The summed E-state index contributed by atoms with van der Waals surface area (Å²) in [5.74, 6) is -1.46. The molecule has 0 radical (unpaired) electrons. The van der Waals surface area contributed by atoms with Crippen molar-refractivity contribution in [2.24, 2.45) is 10.7 Å². The van der Waals surface area contributed by atoms with Crippen LogP contribution < -0.4 is 11.1 Å². The maximum Gasteiger partial charge on any atom is 0.267 e. The Morgan fingerprint density at radius 1 is 1.52 bits per heavy atom. The first-order valence-corrected chi connectivity index (χ1v) is 11.0. The van der Waals surface area contributed by atoms with Gasteiger partial charge >= 0.3 is 0 Å². The highest BCUT2D eigenvalue weighted by molar-refractivity contribution is 7.90. The van der Waals surface area contributed by atoms with Crippen molar-refractivity contribution < 1.29 is 22.3 Å². The Hall–Kier alpha value is -2.28. The van der Waals surface area contributed by atoms with E-state index in [0.717, 1.165) is 21.7 Å². The number of aliphatic imine (C=N–C) groups is 1. The van der Waals surface area contributed by atoms with Gasteiger partial charge in [0.1, 0.15) is 11.4 Å². The van der Waals surface area contributed by atoms with Crippen LogP contribution in [0.2, 0.25) is 5.02 Å². The normalized spacial score (nSPS) is 25.4. The zero-order chi connectivity index (χ0) is 21.0. The number of rotatable bonds is 3. The minimum Gasteiger partial charge on any atom is -0.369 e. The number of hydrogen-bond donors (Lipinski definition) is 2. The number of halogens is 2. The van der Waals surface area contributed by atoms with E-state index in [1.54, 1.807) is 0 Å². The molecule has 3 N–H and O–H groups in total. The summed E-state index contributed by atoms with van der Waals surface area (Å²) in [4.78, 5) is 21.1. The number of pyridine rings is 1. The minimum atomic E-state index is -3.92. The third-order valence-electron chi connectivity index (χ3n) is 4.69. The molecule has 0 aliphatic carbocycles. The largest absolute Gasteiger partial charge is 0.369 e. The van der Waals surface area contributed by atoms with E-state index in [4.69, 9.17) is 22.1 Å². The van der Waals surface area contributed by atoms with Crippen LogP contribution in [0.15, 0.2) is 29.3 Å². The fourth-order valence-corrected chi connectivity index (χ4v) is 6.56. The molecule has 2 atom stereocenters. The second-order valence-corrected chi connectivity index (χ2v) is 9.91. The molecule has 1 fully saturated rings. The molecule has 154 valence electrons. The van der Waals surface area contributed by atoms with Crippen LogP contribution >= 0.6 is 22.9 Å². The predicted molar refractivity (Wildman–Crippen MR) is 106 cm³/mol. The second-order valence-electron chi connectivity index (χ2n) is 6.45. The van der Waals surface area contributed by atoms with Crippen LogP contribution in [0.5, 0.6) is 0 Å². The van der Waals surface area contributed by atoms with Crippen molar-refractivity contribution >= 4 is 50.6 Å². The van der Waals surface area contributed by atoms with Crippen molar-refractivity contribution in [1.29, 1.82) is 0 Å². The van der Waals surface area contributed by atoms with Gasteiger partial charge in [0.2, 0.25) is 17.3 Å². The summed E-state index contributed by atoms with van der Waals surface area (Å²) < 4.78 is 45.2. The average Bonchev–Trinajstić information content (AvgIpc) is 3.25. The Balaban J connectivity index is 1.73. The quantitative estimate of drug-likeness (QED) is 0.673. The van der Waals surface area contributed by atoms with Gasteiger partial charge in [-0.2, -0.15) is 4.39 Å². The fraction of sp³-hybridized carbons (Fsp3) is 0.312. The van der Waals surface area contributed by atoms with Crippen molar-refractivity contribution in [3.05, 3.63) is 45.0 Å². The molecule has 1 saturated heterocycles. The van der Waals surface area contributed by atoms with Crippen LogP contribution in [0.3, 0.4) is 0 Å². The van der Waals surface area contributed by atoms with Crippen molar-refractivity contribution in [2.75, 3.05) is 19.0 Å². The lowest BCUT2D eigenvalue weighted by Gasteiger charge is -2.37. The predicted octanol–water partition coefficient (Wildman–Crippen LogP) is 1.72. The number of carbonyl (C=O) groups excluding carboxylic acids is 1. The summed E-state index contributed by atoms with van der Waals surface area (Å²) in [6, 6.07) is 5.39. The van der Waals surface area contributed by atoms with Gasteiger partial charge < -0.3 is 15.8 Å². The van der Waals surface area contributed by atoms with E-state index >= 15 is 0 Å². The summed E-state index contributed by atoms with van der Waals surface area (Å²) in [6.45, 7) is 0.136. The van der Waals surface area contributed by atoms with E-state index < -0.39 is 32.9 Å². The monoisotopic (exact) mass is 459 g/mol. The zero-order valence-electron chi connectivity index (χ0n) is 14.9. The maximum absolute atomic E-state index is 13.2. The van der Waals surface area contributed by atoms with Crippen molar-refractivity contribution in [3.8, 4) is 0 Å². The van der Waals surface area contributed by atoms with Crippen molar-refractivity contribution in [1.82, 2.24) is 9.29 Å². The lowest BCUT2D eigenvalue weighted by Crippen LogP contribution is -2.55. The van der Waals surface area contributed by atoms with Crippen LogP contribution in [0, 0.1) is 5.95 Å². The number of carbonyl (C=O) groups is 1. The third kappa shape index (κ3) is 3.16. The van der Waals surface area contributed by atoms with E-state index in [0.29, 0.717) is 4.88 Å². The van der Waals surface area contributed by atoms with E-state index in [2.05, 4.69) is 15.3 Å². The van der Waals surface area contributed by atoms with Gasteiger partial charge in [-0.05, 0) is 18.2 Å². The first kappa shape index (κ1) is 20.0. The van der Waals surface area contributed by atoms with Gasteiger partial charge in [-0.3, -0.25) is 4.79 Å². The first-order chi connectivity index (χ1) is 13.6.